The van der Waals surface area contributed by atoms with Crippen LogP contribution in [-0.4, -0.2) is 30.5 Å². The van der Waals surface area contributed by atoms with Crippen LogP contribution in [0.2, 0.25) is 0 Å². The molecule has 2 atom stereocenters. The molecule has 0 aliphatic carbocycles. The molecule has 114 valence electrons. The van der Waals surface area contributed by atoms with Crippen LogP contribution in [-0.2, 0) is 16.0 Å². The van der Waals surface area contributed by atoms with Crippen molar-refractivity contribution < 1.29 is 13.9 Å². The monoisotopic (exact) mass is 311 g/mol. The molecule has 1 aliphatic heterocycles. The molecule has 1 aromatic heterocycles. The van der Waals surface area contributed by atoms with Gasteiger partial charge in [0.2, 0.25) is 0 Å². The molecule has 5 nitrogen and oxygen atoms in total. The van der Waals surface area contributed by atoms with Crippen molar-refractivity contribution in [3.63, 3.8) is 0 Å². The fourth-order valence-corrected chi connectivity index (χ4v) is 2.86. The van der Waals surface area contributed by atoms with Crippen LogP contribution in [0.3, 0.4) is 0 Å². The number of rotatable bonds is 4. The van der Waals surface area contributed by atoms with Crippen LogP contribution in [0.25, 0.3) is 11.1 Å². The Balaban J connectivity index is 1.92. The highest BCUT2D eigenvalue weighted by atomic mass is 35.5. The zero-order chi connectivity index (χ0) is 14.8. The maximum absolute atomic E-state index is 11.8. The number of alkyl halides is 1. The standard InChI is InChI=1S/C15H18ClNO4/c1-2-5-17-11-4-3-10(8-12(11)21-15(17)18)14(16)13-9-19-6-7-20-13/h3-4,8,13-14H,2,5-7,9H2,1H3. The van der Waals surface area contributed by atoms with Gasteiger partial charge in [-0.3, -0.25) is 4.57 Å². The Bertz CT molecular complexity index is 672. The predicted octanol–water partition coefficient (Wildman–Crippen LogP) is 2.70. The van der Waals surface area contributed by atoms with Crippen molar-refractivity contribution in [2.24, 2.45) is 0 Å². The Morgan fingerprint density at radius 1 is 1.43 bits per heavy atom. The van der Waals surface area contributed by atoms with Crippen LogP contribution >= 0.6 is 11.6 Å². The smallest absolute Gasteiger partial charge is 0.408 e. The van der Waals surface area contributed by atoms with Gasteiger partial charge in [0.1, 0.15) is 6.10 Å². The molecule has 0 radical (unpaired) electrons. The minimum atomic E-state index is -0.327. The number of benzene rings is 1. The first-order valence-corrected chi connectivity index (χ1v) is 7.61. The highest BCUT2D eigenvalue weighted by Crippen LogP contribution is 2.30. The highest BCUT2D eigenvalue weighted by Gasteiger charge is 2.25. The Morgan fingerprint density at radius 3 is 3.00 bits per heavy atom. The molecule has 2 heterocycles. The quantitative estimate of drug-likeness (QED) is 0.815. The van der Waals surface area contributed by atoms with Gasteiger partial charge in [0, 0.05) is 6.54 Å². The summed E-state index contributed by atoms with van der Waals surface area (Å²) < 4.78 is 17.9. The van der Waals surface area contributed by atoms with Crippen LogP contribution in [0.1, 0.15) is 24.3 Å². The fourth-order valence-electron chi connectivity index (χ4n) is 2.58. The average molecular weight is 312 g/mol. The van der Waals surface area contributed by atoms with Gasteiger partial charge in [0.15, 0.2) is 5.58 Å². The lowest BCUT2D eigenvalue weighted by Crippen LogP contribution is -2.31. The highest BCUT2D eigenvalue weighted by molar-refractivity contribution is 6.21. The lowest BCUT2D eigenvalue weighted by Gasteiger charge is -2.26. The minimum Gasteiger partial charge on any atom is -0.408 e. The van der Waals surface area contributed by atoms with E-state index in [1.807, 2.05) is 25.1 Å². The molecule has 21 heavy (non-hydrogen) atoms. The third kappa shape index (κ3) is 2.86. The number of aromatic nitrogens is 1. The predicted molar refractivity (Wildman–Crippen MR) is 79.9 cm³/mol. The van der Waals surface area contributed by atoms with Gasteiger partial charge < -0.3 is 13.9 Å². The summed E-state index contributed by atoms with van der Waals surface area (Å²) in [4.78, 5) is 11.8. The molecular formula is C15H18ClNO4. The third-order valence-electron chi connectivity index (χ3n) is 3.63. The normalized spacial score (nSPS) is 20.8. The molecule has 1 fully saturated rings. The molecule has 3 rings (SSSR count). The fraction of sp³-hybridized carbons (Fsp3) is 0.533. The van der Waals surface area contributed by atoms with E-state index < -0.39 is 0 Å². The largest absolute Gasteiger partial charge is 0.419 e. The van der Waals surface area contributed by atoms with Crippen molar-refractivity contribution in [2.45, 2.75) is 31.4 Å². The summed E-state index contributed by atoms with van der Waals surface area (Å²) in [6, 6.07) is 5.61. The van der Waals surface area contributed by atoms with E-state index in [1.165, 1.54) is 0 Å². The zero-order valence-electron chi connectivity index (χ0n) is 11.9. The van der Waals surface area contributed by atoms with Crippen LogP contribution < -0.4 is 5.76 Å². The molecule has 0 spiro atoms. The number of ether oxygens (including phenoxy) is 2. The lowest BCUT2D eigenvalue weighted by molar-refractivity contribution is -0.0892. The SMILES string of the molecule is CCCn1c(=O)oc2cc(C(Cl)C3COCCO3)ccc21. The van der Waals surface area contributed by atoms with Crippen molar-refractivity contribution in [3.8, 4) is 0 Å². The molecule has 0 N–H and O–H groups in total. The number of oxazole rings is 1. The van der Waals surface area contributed by atoms with Gasteiger partial charge in [0.05, 0.1) is 30.7 Å². The first-order chi connectivity index (χ1) is 10.2. The second-order valence-corrected chi connectivity index (χ2v) is 5.60. The number of nitrogens with zero attached hydrogens (tertiary/aromatic N) is 1. The summed E-state index contributed by atoms with van der Waals surface area (Å²) in [5.41, 5.74) is 2.24. The van der Waals surface area contributed by atoms with Gasteiger partial charge in [-0.15, -0.1) is 11.6 Å². The number of fused-ring (bicyclic) bond motifs is 1. The Hall–Kier alpha value is -1.30. The third-order valence-corrected chi connectivity index (χ3v) is 4.16. The van der Waals surface area contributed by atoms with Crippen molar-refractivity contribution >= 4 is 22.7 Å². The summed E-state index contributed by atoms with van der Waals surface area (Å²) in [5.74, 6) is -0.327. The topological polar surface area (TPSA) is 53.6 Å². The first-order valence-electron chi connectivity index (χ1n) is 7.17. The first kappa shape index (κ1) is 14.6. The number of aryl methyl sites for hydroxylation is 1. The van der Waals surface area contributed by atoms with Crippen LogP contribution in [0.15, 0.2) is 27.4 Å². The zero-order valence-corrected chi connectivity index (χ0v) is 12.6. The molecule has 1 saturated heterocycles. The maximum Gasteiger partial charge on any atom is 0.419 e. The van der Waals surface area contributed by atoms with Crippen molar-refractivity contribution in [1.29, 1.82) is 0 Å². The molecule has 0 amide bonds. The van der Waals surface area contributed by atoms with Crippen molar-refractivity contribution in [3.05, 3.63) is 34.3 Å². The summed E-state index contributed by atoms with van der Waals surface area (Å²) in [6.07, 6.45) is 0.698. The van der Waals surface area contributed by atoms with Gasteiger partial charge in [-0.2, -0.15) is 0 Å². The van der Waals surface area contributed by atoms with Crippen molar-refractivity contribution in [1.82, 2.24) is 4.57 Å². The molecule has 0 saturated carbocycles. The molecule has 1 aliphatic rings. The number of hydrogen-bond acceptors (Lipinski definition) is 4. The molecule has 2 aromatic rings. The maximum atomic E-state index is 11.8. The van der Waals surface area contributed by atoms with Crippen molar-refractivity contribution in [2.75, 3.05) is 19.8 Å². The molecular weight excluding hydrogens is 294 g/mol. The number of hydrogen-bond donors (Lipinski definition) is 0. The Morgan fingerprint density at radius 2 is 2.29 bits per heavy atom. The Kier molecular flexibility index (Phi) is 4.33. The van der Waals surface area contributed by atoms with E-state index in [9.17, 15) is 4.79 Å². The second kappa shape index (κ2) is 6.22. The van der Waals surface area contributed by atoms with E-state index in [4.69, 9.17) is 25.5 Å². The Labute approximate surface area is 127 Å². The molecule has 0 bridgehead atoms. The lowest BCUT2D eigenvalue weighted by atomic mass is 10.1. The number of halogens is 1. The van der Waals surface area contributed by atoms with Crippen LogP contribution in [0, 0.1) is 0 Å². The summed E-state index contributed by atoms with van der Waals surface area (Å²) in [7, 11) is 0. The summed E-state index contributed by atoms with van der Waals surface area (Å²) in [5, 5.41) is -0.325. The molecule has 2 unspecified atom stereocenters. The van der Waals surface area contributed by atoms with Crippen LogP contribution in [0.4, 0.5) is 0 Å². The van der Waals surface area contributed by atoms with Gasteiger partial charge in [-0.05, 0) is 24.1 Å². The summed E-state index contributed by atoms with van der Waals surface area (Å²) in [6.45, 7) is 4.31. The average Bonchev–Trinajstić information content (AvgIpc) is 2.83. The van der Waals surface area contributed by atoms with E-state index in [0.29, 0.717) is 31.9 Å². The minimum absolute atomic E-state index is 0.178. The van der Waals surface area contributed by atoms with Gasteiger partial charge >= 0.3 is 5.76 Å². The van der Waals surface area contributed by atoms with Gasteiger partial charge in [-0.25, -0.2) is 4.79 Å². The van der Waals surface area contributed by atoms with Gasteiger partial charge in [-0.1, -0.05) is 13.0 Å². The summed E-state index contributed by atoms with van der Waals surface area (Å²) >= 11 is 6.46. The van der Waals surface area contributed by atoms with Crippen LogP contribution in [0.5, 0.6) is 0 Å². The molecule has 6 heteroatoms. The van der Waals surface area contributed by atoms with E-state index in [0.717, 1.165) is 17.5 Å². The van der Waals surface area contributed by atoms with Gasteiger partial charge in [0.25, 0.3) is 0 Å². The second-order valence-electron chi connectivity index (χ2n) is 5.13. The molecule has 1 aromatic carbocycles. The van der Waals surface area contributed by atoms with E-state index in [2.05, 4.69) is 0 Å². The van der Waals surface area contributed by atoms with E-state index >= 15 is 0 Å². The van der Waals surface area contributed by atoms with E-state index in [-0.39, 0.29) is 17.2 Å². The van der Waals surface area contributed by atoms with E-state index in [1.54, 1.807) is 4.57 Å².